The Kier molecular flexibility index (Phi) is 5.63. The number of benzene rings is 2. The van der Waals surface area contributed by atoms with Crippen LogP contribution in [0.1, 0.15) is 34.5 Å². The summed E-state index contributed by atoms with van der Waals surface area (Å²) >= 11 is 0. The monoisotopic (exact) mass is 350 g/mol. The molecule has 0 aliphatic carbocycles. The molecule has 0 bridgehead atoms. The van der Waals surface area contributed by atoms with Crippen molar-refractivity contribution in [3.05, 3.63) is 69.3 Å². The maximum Gasteiger partial charge on any atom is 0.387 e. The van der Waals surface area contributed by atoms with Crippen molar-refractivity contribution in [3.8, 4) is 5.75 Å². The van der Waals surface area contributed by atoms with E-state index in [1.165, 1.54) is 30.3 Å². The predicted octanol–water partition coefficient (Wildman–Crippen LogP) is 4.00. The topological polar surface area (TPSA) is 81.5 Å². The van der Waals surface area contributed by atoms with Crippen LogP contribution >= 0.6 is 0 Å². The highest BCUT2D eigenvalue weighted by Crippen LogP contribution is 2.21. The minimum atomic E-state index is -2.90. The van der Waals surface area contributed by atoms with Crippen LogP contribution in [0.15, 0.2) is 42.5 Å². The lowest BCUT2D eigenvalue weighted by Crippen LogP contribution is -2.26. The number of carbonyl (C=O) groups is 1. The van der Waals surface area contributed by atoms with Crippen molar-refractivity contribution in [2.45, 2.75) is 26.5 Å². The number of halogens is 2. The number of amides is 1. The minimum absolute atomic E-state index is 0.0308. The predicted molar refractivity (Wildman–Crippen MR) is 86.8 cm³/mol. The van der Waals surface area contributed by atoms with Crippen molar-refractivity contribution in [1.29, 1.82) is 0 Å². The van der Waals surface area contributed by atoms with E-state index in [-0.39, 0.29) is 17.5 Å². The van der Waals surface area contributed by atoms with Crippen molar-refractivity contribution in [2.24, 2.45) is 0 Å². The highest BCUT2D eigenvalue weighted by atomic mass is 19.3. The second-order valence-electron chi connectivity index (χ2n) is 5.40. The van der Waals surface area contributed by atoms with E-state index in [0.717, 1.165) is 0 Å². The molecule has 25 heavy (non-hydrogen) atoms. The molecule has 0 radical (unpaired) electrons. The molecule has 0 saturated heterocycles. The average molecular weight is 350 g/mol. The molecule has 132 valence electrons. The van der Waals surface area contributed by atoms with Crippen LogP contribution in [0.4, 0.5) is 14.5 Å². The number of nitrogens with one attached hydrogen (secondary N) is 1. The number of aryl methyl sites for hydroxylation is 1. The van der Waals surface area contributed by atoms with Gasteiger partial charge in [-0.25, -0.2) is 0 Å². The Morgan fingerprint density at radius 3 is 2.36 bits per heavy atom. The highest BCUT2D eigenvalue weighted by Gasteiger charge is 2.16. The Labute approximate surface area is 142 Å². The summed E-state index contributed by atoms with van der Waals surface area (Å²) in [6, 6.07) is 9.65. The number of rotatable bonds is 6. The molecular formula is C17H16F2N2O4. The van der Waals surface area contributed by atoms with E-state index < -0.39 is 17.4 Å². The fraction of sp³-hybridized carbons (Fsp3) is 0.235. The molecule has 0 aliphatic heterocycles. The standard InChI is InChI=1S/C17H16F2N2O4/c1-10-9-13(5-8-15(10)21(23)24)16(22)20-11(2)12-3-6-14(7-4-12)25-17(18)19/h3-9,11,17H,1-2H3,(H,20,22)/t11-/m1/s1. The highest BCUT2D eigenvalue weighted by molar-refractivity contribution is 5.95. The second-order valence-corrected chi connectivity index (χ2v) is 5.40. The van der Waals surface area contributed by atoms with E-state index in [9.17, 15) is 23.7 Å². The van der Waals surface area contributed by atoms with E-state index in [1.807, 2.05) is 0 Å². The molecule has 1 amide bonds. The Morgan fingerprint density at radius 1 is 1.20 bits per heavy atom. The van der Waals surface area contributed by atoms with Gasteiger partial charge in [0.25, 0.3) is 11.6 Å². The maximum atomic E-state index is 12.3. The summed E-state index contributed by atoms with van der Waals surface area (Å²) in [5.74, 6) is -0.360. The van der Waals surface area contributed by atoms with Gasteiger partial charge >= 0.3 is 6.61 Å². The lowest BCUT2D eigenvalue weighted by Gasteiger charge is -2.15. The van der Waals surface area contributed by atoms with Crippen LogP contribution in [0, 0.1) is 17.0 Å². The third-order valence-corrected chi connectivity index (χ3v) is 3.61. The number of nitrogens with zero attached hydrogens (tertiary/aromatic N) is 1. The van der Waals surface area contributed by atoms with Crippen LogP contribution in [-0.2, 0) is 0 Å². The molecule has 2 aromatic carbocycles. The van der Waals surface area contributed by atoms with Crippen LogP contribution < -0.4 is 10.1 Å². The van der Waals surface area contributed by atoms with Gasteiger partial charge in [-0.05, 0) is 43.7 Å². The summed E-state index contributed by atoms with van der Waals surface area (Å²) in [6.45, 7) is 0.396. The normalized spacial score (nSPS) is 11.9. The van der Waals surface area contributed by atoms with E-state index in [4.69, 9.17) is 0 Å². The first-order valence-electron chi connectivity index (χ1n) is 7.38. The smallest absolute Gasteiger partial charge is 0.387 e. The molecule has 8 heteroatoms. The van der Waals surface area contributed by atoms with Gasteiger partial charge < -0.3 is 10.1 Å². The van der Waals surface area contributed by atoms with Gasteiger partial charge in [-0.15, -0.1) is 0 Å². The molecule has 1 N–H and O–H groups in total. The molecule has 0 heterocycles. The quantitative estimate of drug-likeness (QED) is 0.631. The fourth-order valence-corrected chi connectivity index (χ4v) is 2.30. The van der Waals surface area contributed by atoms with E-state index in [2.05, 4.69) is 10.1 Å². The molecule has 2 aromatic rings. The third kappa shape index (κ3) is 4.72. The second kappa shape index (κ2) is 7.69. The summed E-state index contributed by atoms with van der Waals surface area (Å²) < 4.78 is 28.5. The summed E-state index contributed by atoms with van der Waals surface area (Å²) in [5, 5.41) is 13.6. The van der Waals surface area contributed by atoms with Crippen LogP contribution in [0.2, 0.25) is 0 Å². The van der Waals surface area contributed by atoms with Crippen molar-refractivity contribution >= 4 is 11.6 Å². The van der Waals surface area contributed by atoms with Gasteiger partial charge in [-0.2, -0.15) is 8.78 Å². The Balaban J connectivity index is 2.07. The van der Waals surface area contributed by atoms with Crippen LogP contribution in [0.3, 0.4) is 0 Å². The third-order valence-electron chi connectivity index (χ3n) is 3.61. The first-order chi connectivity index (χ1) is 11.8. The number of alkyl halides is 2. The minimum Gasteiger partial charge on any atom is -0.435 e. The first-order valence-corrected chi connectivity index (χ1v) is 7.38. The van der Waals surface area contributed by atoms with Gasteiger partial charge in [0.15, 0.2) is 0 Å². The van der Waals surface area contributed by atoms with Gasteiger partial charge in [-0.1, -0.05) is 12.1 Å². The van der Waals surface area contributed by atoms with E-state index in [0.29, 0.717) is 16.7 Å². The van der Waals surface area contributed by atoms with Crippen LogP contribution in [0.25, 0.3) is 0 Å². The number of carbonyl (C=O) groups excluding carboxylic acids is 1. The number of nitro benzene ring substituents is 1. The molecule has 1 atom stereocenters. The summed E-state index contributed by atoms with van der Waals surface area (Å²) in [6.07, 6.45) is 0. The fourth-order valence-electron chi connectivity index (χ4n) is 2.30. The van der Waals surface area contributed by atoms with Gasteiger partial charge in [0.2, 0.25) is 0 Å². The van der Waals surface area contributed by atoms with Crippen molar-refractivity contribution in [3.63, 3.8) is 0 Å². The number of nitro groups is 1. The molecule has 0 fully saturated rings. The summed E-state index contributed by atoms with van der Waals surface area (Å²) in [7, 11) is 0. The van der Waals surface area contributed by atoms with Crippen molar-refractivity contribution in [1.82, 2.24) is 5.32 Å². The Morgan fingerprint density at radius 2 is 1.84 bits per heavy atom. The largest absolute Gasteiger partial charge is 0.435 e. The zero-order chi connectivity index (χ0) is 18.6. The molecule has 0 unspecified atom stereocenters. The molecule has 0 aromatic heterocycles. The molecule has 0 aliphatic rings. The average Bonchev–Trinajstić information content (AvgIpc) is 2.54. The van der Waals surface area contributed by atoms with Gasteiger partial charge in [0.05, 0.1) is 11.0 Å². The van der Waals surface area contributed by atoms with E-state index in [1.54, 1.807) is 26.0 Å². The van der Waals surface area contributed by atoms with E-state index >= 15 is 0 Å². The number of ether oxygens (including phenoxy) is 1. The summed E-state index contributed by atoms with van der Waals surface area (Å²) in [4.78, 5) is 22.6. The Hall–Kier alpha value is -3.03. The Bertz CT molecular complexity index is 779. The van der Waals surface area contributed by atoms with Crippen LogP contribution in [-0.4, -0.2) is 17.4 Å². The van der Waals surface area contributed by atoms with Gasteiger partial charge in [-0.3, -0.25) is 14.9 Å². The number of hydrogen-bond donors (Lipinski definition) is 1. The first kappa shape index (κ1) is 18.3. The lowest BCUT2D eigenvalue weighted by molar-refractivity contribution is -0.385. The van der Waals surface area contributed by atoms with Crippen molar-refractivity contribution in [2.75, 3.05) is 0 Å². The molecule has 0 spiro atoms. The zero-order valence-electron chi connectivity index (χ0n) is 13.5. The zero-order valence-corrected chi connectivity index (χ0v) is 13.5. The van der Waals surface area contributed by atoms with Gasteiger partial charge in [0.1, 0.15) is 5.75 Å². The number of hydrogen-bond acceptors (Lipinski definition) is 4. The van der Waals surface area contributed by atoms with Crippen molar-refractivity contribution < 1.29 is 23.2 Å². The maximum absolute atomic E-state index is 12.3. The lowest BCUT2D eigenvalue weighted by atomic mass is 10.1. The molecule has 6 nitrogen and oxygen atoms in total. The van der Waals surface area contributed by atoms with Crippen LogP contribution in [0.5, 0.6) is 5.75 Å². The molecule has 2 rings (SSSR count). The molecular weight excluding hydrogens is 334 g/mol. The van der Waals surface area contributed by atoms with Gasteiger partial charge in [0, 0.05) is 17.2 Å². The SMILES string of the molecule is Cc1cc(C(=O)N[C@H](C)c2ccc(OC(F)F)cc2)ccc1[N+](=O)[O-]. The molecule has 0 saturated carbocycles. The summed E-state index contributed by atoms with van der Waals surface area (Å²) in [5.41, 5.74) is 1.33.